The first-order chi connectivity index (χ1) is 10.1. The maximum atomic E-state index is 11.5. The van der Waals surface area contributed by atoms with E-state index in [9.17, 15) is 9.90 Å². The summed E-state index contributed by atoms with van der Waals surface area (Å²) in [7, 11) is 0. The number of carboxylic acid groups (broad SMARTS) is 1. The van der Waals surface area contributed by atoms with E-state index in [1.54, 1.807) is 12.3 Å². The van der Waals surface area contributed by atoms with Gasteiger partial charge in [0.05, 0.1) is 5.92 Å². The van der Waals surface area contributed by atoms with Crippen molar-refractivity contribution >= 4 is 11.8 Å². The van der Waals surface area contributed by atoms with Crippen LogP contribution in [0.1, 0.15) is 37.1 Å². The summed E-state index contributed by atoms with van der Waals surface area (Å²) in [5, 5.41) is 23.3. The van der Waals surface area contributed by atoms with Crippen molar-refractivity contribution < 1.29 is 9.90 Å². The van der Waals surface area contributed by atoms with Crippen LogP contribution in [0.3, 0.4) is 0 Å². The van der Waals surface area contributed by atoms with Crippen molar-refractivity contribution in [2.75, 3.05) is 5.73 Å². The maximum Gasteiger partial charge on any atom is 0.307 e. The number of anilines is 1. The van der Waals surface area contributed by atoms with E-state index in [0.717, 1.165) is 12.0 Å². The highest BCUT2D eigenvalue weighted by Gasteiger charge is 2.31. The van der Waals surface area contributed by atoms with Crippen LogP contribution < -0.4 is 5.73 Å². The highest BCUT2D eigenvalue weighted by molar-refractivity contribution is 5.71. The minimum atomic E-state index is -0.852. The first-order valence-corrected chi connectivity index (χ1v) is 6.78. The van der Waals surface area contributed by atoms with E-state index in [1.807, 2.05) is 13.0 Å². The fourth-order valence-corrected chi connectivity index (χ4v) is 2.36. The number of aliphatic carboxylic acids is 1. The molecule has 2 atom stereocenters. The van der Waals surface area contributed by atoms with Crippen LogP contribution in [0.25, 0.3) is 0 Å². The predicted molar refractivity (Wildman–Crippen MR) is 75.3 cm³/mol. The number of nitrogens with one attached hydrogen (secondary N) is 1. The van der Waals surface area contributed by atoms with Crippen molar-refractivity contribution in [1.82, 2.24) is 25.6 Å². The van der Waals surface area contributed by atoms with E-state index < -0.39 is 11.9 Å². The number of aromatic amines is 1. The van der Waals surface area contributed by atoms with Gasteiger partial charge in [0.2, 0.25) is 0 Å². The van der Waals surface area contributed by atoms with Crippen LogP contribution in [-0.4, -0.2) is 36.7 Å². The molecule has 0 bridgehead atoms. The van der Waals surface area contributed by atoms with Gasteiger partial charge in [-0.25, -0.2) is 4.98 Å². The number of tetrazole rings is 1. The molecule has 2 unspecified atom stereocenters. The molecule has 0 fully saturated rings. The molecule has 2 aromatic heterocycles. The molecule has 0 aromatic carbocycles. The van der Waals surface area contributed by atoms with Crippen LogP contribution in [0, 0.1) is 5.92 Å². The molecule has 0 radical (unpaired) electrons. The van der Waals surface area contributed by atoms with Crippen molar-refractivity contribution in [2.24, 2.45) is 5.92 Å². The smallest absolute Gasteiger partial charge is 0.307 e. The molecule has 0 spiro atoms. The Morgan fingerprint density at radius 1 is 1.48 bits per heavy atom. The van der Waals surface area contributed by atoms with E-state index in [4.69, 9.17) is 5.73 Å². The predicted octanol–water partition coefficient (Wildman–Crippen LogP) is 1.00. The Labute approximate surface area is 121 Å². The minimum Gasteiger partial charge on any atom is -0.481 e. The second-order valence-electron chi connectivity index (χ2n) is 4.91. The number of carbonyl (C=O) groups is 1. The molecule has 0 aliphatic carbocycles. The van der Waals surface area contributed by atoms with Gasteiger partial charge in [-0.1, -0.05) is 24.6 Å². The summed E-state index contributed by atoms with van der Waals surface area (Å²) in [5.74, 6) is -0.933. The van der Waals surface area contributed by atoms with Crippen LogP contribution in [-0.2, 0) is 11.2 Å². The van der Waals surface area contributed by atoms with Crippen LogP contribution in [0.2, 0.25) is 0 Å². The average Bonchev–Trinajstić information content (AvgIpc) is 2.98. The third-order valence-electron chi connectivity index (χ3n) is 3.40. The minimum absolute atomic E-state index is 0.355. The normalized spacial score (nSPS) is 13.8. The van der Waals surface area contributed by atoms with Gasteiger partial charge in [0.1, 0.15) is 5.82 Å². The number of nitrogens with zero attached hydrogens (tertiary/aromatic N) is 4. The van der Waals surface area contributed by atoms with Crippen molar-refractivity contribution in [1.29, 1.82) is 0 Å². The molecule has 2 rings (SSSR count). The van der Waals surface area contributed by atoms with Gasteiger partial charge in [-0.05, 0) is 24.5 Å². The van der Waals surface area contributed by atoms with Crippen molar-refractivity contribution in [2.45, 2.75) is 32.1 Å². The first-order valence-electron chi connectivity index (χ1n) is 6.78. The molecule has 0 amide bonds. The number of hydrogen-bond donors (Lipinski definition) is 3. The van der Waals surface area contributed by atoms with Gasteiger partial charge in [-0.2, -0.15) is 5.21 Å². The Morgan fingerprint density at radius 3 is 2.81 bits per heavy atom. The Bertz CT molecular complexity index is 569. The quantitative estimate of drug-likeness (QED) is 0.693. The van der Waals surface area contributed by atoms with Gasteiger partial charge in [-0.3, -0.25) is 4.79 Å². The Kier molecular flexibility index (Phi) is 4.81. The van der Waals surface area contributed by atoms with Gasteiger partial charge in [0.15, 0.2) is 5.82 Å². The van der Waals surface area contributed by atoms with Crippen LogP contribution in [0.5, 0.6) is 0 Å². The number of H-pyrrole nitrogens is 1. The first kappa shape index (κ1) is 14.9. The molecular weight excluding hydrogens is 272 g/mol. The molecule has 0 aliphatic rings. The topological polar surface area (TPSA) is 131 Å². The molecule has 8 heteroatoms. The lowest BCUT2D eigenvalue weighted by atomic mass is 9.83. The summed E-state index contributed by atoms with van der Waals surface area (Å²) in [6, 6.07) is 3.53. The SMILES string of the molecule is CCCC(C(=O)O)C(Cc1ccc(N)nc1)c1nn[nH]n1. The average molecular weight is 290 g/mol. The highest BCUT2D eigenvalue weighted by atomic mass is 16.4. The molecule has 0 aliphatic heterocycles. The van der Waals surface area contributed by atoms with Gasteiger partial charge in [0.25, 0.3) is 0 Å². The lowest BCUT2D eigenvalue weighted by Gasteiger charge is -2.20. The summed E-state index contributed by atoms with van der Waals surface area (Å²) in [6.45, 7) is 1.95. The Balaban J connectivity index is 2.27. The van der Waals surface area contributed by atoms with Gasteiger partial charge in [-0.15, -0.1) is 10.2 Å². The van der Waals surface area contributed by atoms with Crippen LogP contribution in [0.4, 0.5) is 5.82 Å². The summed E-state index contributed by atoms with van der Waals surface area (Å²) >= 11 is 0. The molecule has 112 valence electrons. The number of aromatic nitrogens is 5. The zero-order valence-electron chi connectivity index (χ0n) is 11.7. The second-order valence-corrected chi connectivity index (χ2v) is 4.91. The summed E-state index contributed by atoms with van der Waals surface area (Å²) in [6.07, 6.45) is 3.44. The van der Waals surface area contributed by atoms with E-state index in [2.05, 4.69) is 25.6 Å². The number of carboxylic acids is 1. The molecular formula is C13H18N6O2. The number of nitrogens with two attached hydrogens (primary N) is 1. The largest absolute Gasteiger partial charge is 0.481 e. The van der Waals surface area contributed by atoms with E-state index in [-0.39, 0.29) is 5.92 Å². The molecule has 0 saturated carbocycles. The van der Waals surface area contributed by atoms with Gasteiger partial charge < -0.3 is 10.8 Å². The summed E-state index contributed by atoms with van der Waals surface area (Å²) in [5.41, 5.74) is 6.45. The number of nitrogen functional groups attached to an aromatic ring is 1. The lowest BCUT2D eigenvalue weighted by molar-refractivity contribution is -0.142. The Hall–Kier alpha value is -2.51. The molecule has 0 saturated heterocycles. The summed E-state index contributed by atoms with van der Waals surface area (Å²) < 4.78 is 0. The molecule has 2 heterocycles. The Morgan fingerprint density at radius 2 is 2.29 bits per heavy atom. The number of rotatable bonds is 7. The fraction of sp³-hybridized carbons (Fsp3) is 0.462. The fourth-order valence-electron chi connectivity index (χ4n) is 2.36. The van der Waals surface area contributed by atoms with Gasteiger partial charge in [0, 0.05) is 12.1 Å². The van der Waals surface area contributed by atoms with Crippen molar-refractivity contribution in [3.63, 3.8) is 0 Å². The van der Waals surface area contributed by atoms with Crippen LogP contribution in [0.15, 0.2) is 18.3 Å². The van der Waals surface area contributed by atoms with E-state index in [1.165, 1.54) is 0 Å². The van der Waals surface area contributed by atoms with E-state index >= 15 is 0 Å². The summed E-state index contributed by atoms with van der Waals surface area (Å²) in [4.78, 5) is 15.6. The highest BCUT2D eigenvalue weighted by Crippen LogP contribution is 2.29. The number of pyridine rings is 1. The standard InChI is InChI=1S/C13H18N6O2/c1-2-3-9(13(20)21)10(12-16-18-19-17-12)6-8-4-5-11(14)15-7-8/h4-5,7,9-10H,2-3,6H2,1H3,(H2,14,15)(H,20,21)(H,16,17,18,19). The second kappa shape index (κ2) is 6.78. The van der Waals surface area contributed by atoms with Crippen molar-refractivity contribution in [3.8, 4) is 0 Å². The molecule has 2 aromatic rings. The molecule has 8 nitrogen and oxygen atoms in total. The third kappa shape index (κ3) is 3.74. The lowest BCUT2D eigenvalue weighted by Crippen LogP contribution is -2.25. The van der Waals surface area contributed by atoms with Crippen molar-refractivity contribution in [3.05, 3.63) is 29.7 Å². The maximum absolute atomic E-state index is 11.5. The van der Waals surface area contributed by atoms with Gasteiger partial charge >= 0.3 is 5.97 Å². The zero-order chi connectivity index (χ0) is 15.2. The molecule has 21 heavy (non-hydrogen) atoms. The third-order valence-corrected chi connectivity index (χ3v) is 3.40. The molecule has 4 N–H and O–H groups in total. The number of hydrogen-bond acceptors (Lipinski definition) is 6. The van der Waals surface area contributed by atoms with E-state index in [0.29, 0.717) is 24.5 Å². The van der Waals surface area contributed by atoms with Crippen LogP contribution >= 0.6 is 0 Å². The monoisotopic (exact) mass is 290 g/mol. The zero-order valence-corrected chi connectivity index (χ0v) is 11.7.